The van der Waals surface area contributed by atoms with Gasteiger partial charge >= 0.3 is 5.97 Å². The van der Waals surface area contributed by atoms with E-state index in [-0.39, 0.29) is 12.8 Å². The lowest BCUT2D eigenvalue weighted by atomic mass is 10.3. The van der Waals surface area contributed by atoms with Gasteiger partial charge in [-0.05, 0) is 6.42 Å². The molecule has 0 bridgehead atoms. The lowest BCUT2D eigenvalue weighted by molar-refractivity contribution is -0.163. The average molecular weight is 147 g/mol. The van der Waals surface area contributed by atoms with Gasteiger partial charge in [0.2, 0.25) is 6.41 Å². The van der Waals surface area contributed by atoms with Crippen molar-refractivity contribution < 1.29 is 19.5 Å². The summed E-state index contributed by atoms with van der Waals surface area (Å²) in [4.78, 5) is 24.0. The maximum atomic E-state index is 10.4. The summed E-state index contributed by atoms with van der Waals surface area (Å²) in [7, 11) is 0. The van der Waals surface area contributed by atoms with E-state index in [4.69, 9.17) is 5.11 Å². The Morgan fingerprint density at radius 1 is 1.90 bits per heavy atom. The van der Waals surface area contributed by atoms with E-state index in [0.29, 0.717) is 0 Å². The molecule has 0 aliphatic heterocycles. The highest BCUT2D eigenvalue weighted by atomic mass is 16.7. The van der Waals surface area contributed by atoms with Crippen LogP contribution in [-0.2, 0) is 14.4 Å². The van der Waals surface area contributed by atoms with Crippen molar-refractivity contribution in [3.63, 3.8) is 0 Å². The molecule has 2 N–H and O–H groups in total. The molecule has 0 aromatic heterocycles. The molecular formula is C5H9NO4. The highest BCUT2D eigenvalue weighted by Crippen LogP contribution is 1.90. The first-order valence-corrected chi connectivity index (χ1v) is 2.80. The maximum Gasteiger partial charge on any atom is 0.360 e. The van der Waals surface area contributed by atoms with Crippen molar-refractivity contribution in [3.05, 3.63) is 0 Å². The van der Waals surface area contributed by atoms with Crippen LogP contribution < -0.4 is 5.48 Å². The lowest BCUT2D eigenvalue weighted by Crippen LogP contribution is -2.28. The Labute approximate surface area is 57.9 Å². The second kappa shape index (κ2) is 4.75. The summed E-state index contributed by atoms with van der Waals surface area (Å²) >= 11 is 0. The van der Waals surface area contributed by atoms with Gasteiger partial charge in [0.25, 0.3) is 0 Å². The van der Waals surface area contributed by atoms with Gasteiger partial charge < -0.3 is 9.94 Å². The Bertz CT molecular complexity index is 125. The molecule has 1 unspecified atom stereocenters. The largest absolute Gasteiger partial charge is 0.381 e. The molecule has 0 saturated heterocycles. The van der Waals surface area contributed by atoms with Crippen molar-refractivity contribution in [1.82, 2.24) is 5.48 Å². The molecule has 0 aromatic carbocycles. The summed E-state index contributed by atoms with van der Waals surface area (Å²) in [6, 6.07) is 0. The molecule has 5 heteroatoms. The first-order chi connectivity index (χ1) is 4.72. The number of amides is 1. The molecule has 0 radical (unpaired) electrons. The Balaban J connectivity index is 3.51. The van der Waals surface area contributed by atoms with Crippen LogP contribution >= 0.6 is 0 Å². The number of nitrogens with one attached hydrogen (secondary N) is 1. The number of hydroxylamine groups is 1. The van der Waals surface area contributed by atoms with Crippen LogP contribution in [0.3, 0.4) is 0 Å². The van der Waals surface area contributed by atoms with E-state index in [1.165, 1.54) is 0 Å². The molecule has 0 rings (SSSR count). The van der Waals surface area contributed by atoms with Gasteiger partial charge in [-0.25, -0.2) is 4.79 Å². The smallest absolute Gasteiger partial charge is 0.360 e. The third-order valence-electron chi connectivity index (χ3n) is 0.866. The van der Waals surface area contributed by atoms with Gasteiger partial charge in [-0.15, -0.1) is 0 Å². The van der Waals surface area contributed by atoms with Crippen molar-refractivity contribution in [2.75, 3.05) is 0 Å². The topological polar surface area (TPSA) is 75.6 Å². The molecule has 58 valence electrons. The molecule has 5 nitrogen and oxygen atoms in total. The number of hydrogen-bond acceptors (Lipinski definition) is 4. The molecule has 0 spiro atoms. The van der Waals surface area contributed by atoms with E-state index in [1.54, 1.807) is 12.4 Å². The van der Waals surface area contributed by atoms with Gasteiger partial charge in [0, 0.05) is 0 Å². The quantitative estimate of drug-likeness (QED) is 0.393. The van der Waals surface area contributed by atoms with E-state index in [1.807, 2.05) is 0 Å². The highest BCUT2D eigenvalue weighted by molar-refractivity contribution is 5.74. The van der Waals surface area contributed by atoms with Crippen molar-refractivity contribution in [2.24, 2.45) is 0 Å². The van der Waals surface area contributed by atoms with Crippen LogP contribution in [0.4, 0.5) is 0 Å². The lowest BCUT2D eigenvalue weighted by Gasteiger charge is -2.04. The summed E-state index contributed by atoms with van der Waals surface area (Å²) in [5.74, 6) is -0.852. The Morgan fingerprint density at radius 2 is 2.50 bits per heavy atom. The predicted octanol–water partition coefficient (Wildman–Crippen LogP) is -1.04. The predicted molar refractivity (Wildman–Crippen MR) is 31.6 cm³/mol. The molecule has 1 atom stereocenters. The van der Waals surface area contributed by atoms with Crippen molar-refractivity contribution in [2.45, 2.75) is 19.4 Å². The SMILES string of the molecule is CCC(O)C(=O)ONC=O. The van der Waals surface area contributed by atoms with Crippen LogP contribution in [0.25, 0.3) is 0 Å². The molecular weight excluding hydrogens is 138 g/mol. The van der Waals surface area contributed by atoms with Gasteiger partial charge in [-0.3, -0.25) is 4.79 Å². The van der Waals surface area contributed by atoms with Gasteiger partial charge in [0.15, 0.2) is 6.10 Å². The minimum absolute atomic E-state index is 0.209. The second-order valence-corrected chi connectivity index (χ2v) is 1.58. The van der Waals surface area contributed by atoms with Crippen LogP contribution in [0.2, 0.25) is 0 Å². The minimum atomic E-state index is -1.16. The summed E-state index contributed by atoms with van der Waals surface area (Å²) in [5.41, 5.74) is 1.67. The Morgan fingerprint density at radius 3 is 2.90 bits per heavy atom. The zero-order valence-corrected chi connectivity index (χ0v) is 5.53. The van der Waals surface area contributed by atoms with Crippen LogP contribution in [-0.4, -0.2) is 23.6 Å². The van der Waals surface area contributed by atoms with Gasteiger partial charge in [0.1, 0.15) is 0 Å². The maximum absolute atomic E-state index is 10.4. The molecule has 1 amide bonds. The number of carbonyl (C=O) groups excluding carboxylic acids is 2. The van der Waals surface area contributed by atoms with Gasteiger partial charge in [-0.2, -0.15) is 5.48 Å². The first kappa shape index (κ1) is 8.90. The standard InChI is InChI=1S/C5H9NO4/c1-2-4(8)5(9)10-6-3-7/h3-4,8H,2H2,1H3,(H,6,7). The Hall–Kier alpha value is -1.10. The summed E-state index contributed by atoms with van der Waals surface area (Å²) < 4.78 is 0. The van der Waals surface area contributed by atoms with Crippen molar-refractivity contribution in [1.29, 1.82) is 0 Å². The summed E-state index contributed by atoms with van der Waals surface area (Å²) in [6.45, 7) is 1.62. The first-order valence-electron chi connectivity index (χ1n) is 2.80. The monoisotopic (exact) mass is 147 g/mol. The van der Waals surface area contributed by atoms with E-state index >= 15 is 0 Å². The molecule has 0 aliphatic carbocycles. The van der Waals surface area contributed by atoms with Crippen molar-refractivity contribution >= 4 is 12.4 Å². The summed E-state index contributed by atoms with van der Waals surface area (Å²) in [5, 5.41) is 8.72. The van der Waals surface area contributed by atoms with E-state index in [0.717, 1.165) is 0 Å². The molecule has 0 saturated carbocycles. The van der Waals surface area contributed by atoms with Gasteiger partial charge in [0.05, 0.1) is 0 Å². The fourth-order valence-electron chi connectivity index (χ4n) is 0.317. The number of hydrogen-bond donors (Lipinski definition) is 2. The fourth-order valence-corrected chi connectivity index (χ4v) is 0.317. The van der Waals surface area contributed by atoms with E-state index in [9.17, 15) is 9.59 Å². The minimum Gasteiger partial charge on any atom is -0.381 e. The molecule has 0 aliphatic rings. The Kier molecular flexibility index (Phi) is 4.23. The molecule has 10 heavy (non-hydrogen) atoms. The normalized spacial score (nSPS) is 11.8. The van der Waals surface area contributed by atoms with Gasteiger partial charge in [-0.1, -0.05) is 6.92 Å². The number of aliphatic hydroxyl groups is 1. The molecule has 0 fully saturated rings. The van der Waals surface area contributed by atoms with Crippen molar-refractivity contribution in [3.8, 4) is 0 Å². The van der Waals surface area contributed by atoms with Crippen LogP contribution in [0.1, 0.15) is 13.3 Å². The molecule has 0 aromatic rings. The third kappa shape index (κ3) is 3.03. The van der Waals surface area contributed by atoms with E-state index < -0.39 is 12.1 Å². The van der Waals surface area contributed by atoms with E-state index in [2.05, 4.69) is 4.84 Å². The zero-order valence-electron chi connectivity index (χ0n) is 5.53. The fraction of sp³-hybridized carbons (Fsp3) is 0.600. The molecule has 0 heterocycles. The zero-order chi connectivity index (χ0) is 7.98. The average Bonchev–Trinajstić information content (AvgIpc) is 1.98. The third-order valence-corrected chi connectivity index (χ3v) is 0.866. The van der Waals surface area contributed by atoms with Crippen LogP contribution in [0.5, 0.6) is 0 Å². The highest BCUT2D eigenvalue weighted by Gasteiger charge is 2.13. The number of aliphatic hydroxyl groups excluding tert-OH is 1. The second-order valence-electron chi connectivity index (χ2n) is 1.58. The number of carbonyl (C=O) groups is 2. The van der Waals surface area contributed by atoms with Crippen LogP contribution in [0, 0.1) is 0 Å². The number of rotatable bonds is 4. The van der Waals surface area contributed by atoms with Crippen LogP contribution in [0.15, 0.2) is 0 Å². The summed E-state index contributed by atoms with van der Waals surface area (Å²) in [6.07, 6.45) is -0.688.